The van der Waals surface area contributed by atoms with Gasteiger partial charge in [-0.3, -0.25) is 0 Å². The lowest BCUT2D eigenvalue weighted by molar-refractivity contribution is 0.536. The maximum atomic E-state index is 3.42. The number of anilines is 1. The maximum absolute atomic E-state index is 3.42. The Kier molecular flexibility index (Phi) is 4.65. The number of benzene rings is 1. The fraction of sp³-hybridized carbons (Fsp3) is 0.625. The second-order valence-corrected chi connectivity index (χ2v) is 5.42. The van der Waals surface area contributed by atoms with Crippen LogP contribution in [-0.2, 0) is 6.42 Å². The highest BCUT2D eigenvalue weighted by Crippen LogP contribution is 2.30. The molecule has 1 aromatic rings. The number of nitrogens with zero attached hydrogens (tertiary/aromatic N) is 1. The third kappa shape index (κ3) is 3.05. The molecule has 1 aliphatic heterocycles. The first-order valence-corrected chi connectivity index (χ1v) is 7.29. The van der Waals surface area contributed by atoms with Gasteiger partial charge in [-0.2, -0.15) is 0 Å². The van der Waals surface area contributed by atoms with Crippen LogP contribution >= 0.6 is 0 Å². The summed E-state index contributed by atoms with van der Waals surface area (Å²) in [6, 6.07) is 7.55. The monoisotopic (exact) mass is 246 g/mol. The zero-order valence-corrected chi connectivity index (χ0v) is 12.0. The molecule has 0 saturated carbocycles. The van der Waals surface area contributed by atoms with E-state index in [4.69, 9.17) is 0 Å². The van der Waals surface area contributed by atoms with Crippen LogP contribution in [0.25, 0.3) is 0 Å². The molecule has 0 bridgehead atoms. The summed E-state index contributed by atoms with van der Waals surface area (Å²) in [5, 5.41) is 3.42. The van der Waals surface area contributed by atoms with Crippen molar-refractivity contribution < 1.29 is 0 Å². The van der Waals surface area contributed by atoms with Crippen LogP contribution in [0.2, 0.25) is 0 Å². The van der Waals surface area contributed by atoms with Crippen molar-refractivity contribution in [3.05, 3.63) is 29.3 Å². The molecule has 0 amide bonds. The third-order valence-corrected chi connectivity index (χ3v) is 3.91. The quantitative estimate of drug-likeness (QED) is 0.803. The minimum Gasteiger partial charge on any atom is -0.369 e. The van der Waals surface area contributed by atoms with Crippen LogP contribution in [0.4, 0.5) is 5.69 Å². The lowest BCUT2D eigenvalue weighted by Crippen LogP contribution is -2.39. The molecule has 0 saturated heterocycles. The van der Waals surface area contributed by atoms with Gasteiger partial charge < -0.3 is 10.2 Å². The molecule has 1 N–H and O–H groups in total. The average Bonchev–Trinajstić information content (AvgIpc) is 2.37. The van der Waals surface area contributed by atoms with Gasteiger partial charge in [-0.1, -0.05) is 24.6 Å². The zero-order chi connectivity index (χ0) is 13.0. The van der Waals surface area contributed by atoms with Crippen molar-refractivity contribution in [2.45, 2.75) is 46.1 Å². The first-order chi connectivity index (χ1) is 8.72. The summed E-state index contributed by atoms with van der Waals surface area (Å²) in [5.41, 5.74) is 4.39. The summed E-state index contributed by atoms with van der Waals surface area (Å²) in [5.74, 6) is 0. The highest BCUT2D eigenvalue weighted by molar-refractivity contribution is 5.57. The summed E-state index contributed by atoms with van der Waals surface area (Å²) in [6.45, 7) is 10.1. The number of nitrogens with one attached hydrogen (secondary N) is 1. The molecular formula is C16H26N2. The molecule has 2 nitrogen and oxygen atoms in total. The first kappa shape index (κ1) is 13.4. The normalized spacial score (nSPS) is 16.5. The molecule has 100 valence electrons. The Morgan fingerprint density at radius 2 is 2.22 bits per heavy atom. The predicted octanol–water partition coefficient (Wildman–Crippen LogP) is 3.14. The van der Waals surface area contributed by atoms with E-state index in [0.717, 1.165) is 13.1 Å². The van der Waals surface area contributed by atoms with E-state index in [1.807, 2.05) is 0 Å². The van der Waals surface area contributed by atoms with Gasteiger partial charge in [0.25, 0.3) is 0 Å². The predicted molar refractivity (Wildman–Crippen MR) is 79.5 cm³/mol. The minimum atomic E-state index is 0.630. The van der Waals surface area contributed by atoms with Gasteiger partial charge in [-0.25, -0.2) is 0 Å². The Morgan fingerprint density at radius 1 is 1.39 bits per heavy atom. The van der Waals surface area contributed by atoms with Crippen molar-refractivity contribution in [1.29, 1.82) is 0 Å². The minimum absolute atomic E-state index is 0.630. The maximum Gasteiger partial charge on any atom is 0.0401 e. The highest BCUT2D eigenvalue weighted by atomic mass is 15.2. The van der Waals surface area contributed by atoms with E-state index < -0.39 is 0 Å². The first-order valence-electron chi connectivity index (χ1n) is 7.29. The SMILES string of the molecule is CCNCCC(C)N1CCCc2cc(C)ccc21. The van der Waals surface area contributed by atoms with Crippen LogP contribution in [0.1, 0.15) is 37.8 Å². The Bertz CT molecular complexity index is 387. The summed E-state index contributed by atoms with van der Waals surface area (Å²) in [4.78, 5) is 2.59. The zero-order valence-electron chi connectivity index (χ0n) is 12.0. The lowest BCUT2D eigenvalue weighted by Gasteiger charge is -2.36. The van der Waals surface area contributed by atoms with E-state index in [-0.39, 0.29) is 0 Å². The molecule has 2 heteroatoms. The molecular weight excluding hydrogens is 220 g/mol. The van der Waals surface area contributed by atoms with Crippen molar-refractivity contribution in [1.82, 2.24) is 5.32 Å². The standard InChI is InChI=1S/C16H26N2/c1-4-17-10-9-14(3)18-11-5-6-15-12-13(2)7-8-16(15)18/h7-8,12,14,17H,4-6,9-11H2,1-3H3. The number of hydrogen-bond donors (Lipinski definition) is 1. The van der Waals surface area contributed by atoms with Crippen LogP contribution < -0.4 is 10.2 Å². The molecule has 2 rings (SSSR count). The largest absolute Gasteiger partial charge is 0.369 e. The van der Waals surface area contributed by atoms with E-state index in [1.54, 1.807) is 0 Å². The van der Waals surface area contributed by atoms with Crippen molar-refractivity contribution in [2.24, 2.45) is 0 Å². The molecule has 1 aliphatic rings. The van der Waals surface area contributed by atoms with Crippen molar-refractivity contribution in [3.8, 4) is 0 Å². The second-order valence-electron chi connectivity index (χ2n) is 5.42. The Hall–Kier alpha value is -1.02. The third-order valence-electron chi connectivity index (χ3n) is 3.91. The van der Waals surface area contributed by atoms with Crippen LogP contribution in [-0.4, -0.2) is 25.7 Å². The van der Waals surface area contributed by atoms with Gasteiger partial charge in [0.05, 0.1) is 0 Å². The molecule has 0 aromatic heterocycles. The lowest BCUT2D eigenvalue weighted by atomic mass is 9.97. The molecule has 0 spiro atoms. The van der Waals surface area contributed by atoms with E-state index >= 15 is 0 Å². The van der Waals surface area contributed by atoms with Gasteiger partial charge >= 0.3 is 0 Å². The fourth-order valence-corrected chi connectivity index (χ4v) is 2.86. The summed E-state index contributed by atoms with van der Waals surface area (Å²) >= 11 is 0. The second kappa shape index (κ2) is 6.24. The summed E-state index contributed by atoms with van der Waals surface area (Å²) in [7, 11) is 0. The summed E-state index contributed by atoms with van der Waals surface area (Å²) < 4.78 is 0. The van der Waals surface area contributed by atoms with Gasteiger partial charge in [0, 0.05) is 18.3 Å². The van der Waals surface area contributed by atoms with Gasteiger partial charge in [0.15, 0.2) is 0 Å². The van der Waals surface area contributed by atoms with E-state index in [9.17, 15) is 0 Å². The van der Waals surface area contributed by atoms with Crippen molar-refractivity contribution >= 4 is 5.69 Å². The van der Waals surface area contributed by atoms with Gasteiger partial charge in [0.1, 0.15) is 0 Å². The smallest absolute Gasteiger partial charge is 0.0401 e. The van der Waals surface area contributed by atoms with Crippen molar-refractivity contribution in [3.63, 3.8) is 0 Å². The number of rotatable bonds is 5. The van der Waals surface area contributed by atoms with Gasteiger partial charge in [0.2, 0.25) is 0 Å². The Balaban J connectivity index is 2.07. The number of hydrogen-bond acceptors (Lipinski definition) is 2. The molecule has 1 unspecified atom stereocenters. The topological polar surface area (TPSA) is 15.3 Å². The average molecular weight is 246 g/mol. The molecule has 1 heterocycles. The van der Waals surface area contributed by atoms with Crippen molar-refractivity contribution in [2.75, 3.05) is 24.5 Å². The number of aryl methyl sites for hydroxylation is 2. The van der Waals surface area contributed by atoms with Crippen LogP contribution in [0.5, 0.6) is 0 Å². The molecule has 1 aromatic carbocycles. The van der Waals surface area contributed by atoms with Crippen LogP contribution in [0.15, 0.2) is 18.2 Å². The molecule has 0 radical (unpaired) electrons. The van der Waals surface area contributed by atoms with Crippen LogP contribution in [0, 0.1) is 6.92 Å². The van der Waals surface area contributed by atoms with Gasteiger partial charge in [-0.15, -0.1) is 0 Å². The molecule has 0 fully saturated rings. The Morgan fingerprint density at radius 3 is 3.00 bits per heavy atom. The molecule has 1 atom stereocenters. The summed E-state index contributed by atoms with van der Waals surface area (Å²) in [6.07, 6.45) is 3.76. The Labute approximate surface area is 111 Å². The fourth-order valence-electron chi connectivity index (χ4n) is 2.86. The van der Waals surface area contributed by atoms with Crippen LogP contribution in [0.3, 0.4) is 0 Å². The van der Waals surface area contributed by atoms with Gasteiger partial charge in [-0.05, 0) is 57.8 Å². The highest BCUT2D eigenvalue weighted by Gasteiger charge is 2.20. The number of fused-ring (bicyclic) bond motifs is 1. The van der Waals surface area contributed by atoms with E-state index in [0.29, 0.717) is 6.04 Å². The van der Waals surface area contributed by atoms with E-state index in [2.05, 4.69) is 49.2 Å². The van der Waals surface area contributed by atoms with E-state index in [1.165, 1.54) is 42.6 Å². The molecule has 18 heavy (non-hydrogen) atoms. The molecule has 0 aliphatic carbocycles.